The van der Waals surface area contributed by atoms with Gasteiger partial charge in [-0.15, -0.1) is 13.2 Å². The SMILES string of the molecule is C=CCC(O)c1c2c(nn1CC=C)CCN(C(=O)O)C2. The number of rotatable bonds is 5. The molecular formula is C14H19N3O3. The van der Waals surface area contributed by atoms with Crippen LogP contribution in [0, 0.1) is 0 Å². The Morgan fingerprint density at radius 2 is 2.20 bits per heavy atom. The summed E-state index contributed by atoms with van der Waals surface area (Å²) in [5, 5.41) is 23.8. The van der Waals surface area contributed by atoms with Crippen LogP contribution in [0.3, 0.4) is 0 Å². The number of hydrogen-bond acceptors (Lipinski definition) is 3. The summed E-state index contributed by atoms with van der Waals surface area (Å²) in [6.07, 6.45) is 2.65. The van der Waals surface area contributed by atoms with Crippen molar-refractivity contribution in [3.63, 3.8) is 0 Å². The first-order valence-electron chi connectivity index (χ1n) is 6.54. The maximum atomic E-state index is 11.1. The summed E-state index contributed by atoms with van der Waals surface area (Å²) < 4.78 is 1.71. The molecule has 2 N–H and O–H groups in total. The first-order valence-corrected chi connectivity index (χ1v) is 6.54. The fourth-order valence-electron chi connectivity index (χ4n) is 2.51. The predicted molar refractivity (Wildman–Crippen MR) is 74.3 cm³/mol. The molecule has 1 aromatic rings. The molecule has 2 rings (SSSR count). The molecule has 1 aromatic heterocycles. The highest BCUT2D eigenvalue weighted by Crippen LogP contribution is 2.28. The van der Waals surface area contributed by atoms with Crippen LogP contribution < -0.4 is 0 Å². The van der Waals surface area contributed by atoms with Gasteiger partial charge in [-0.05, 0) is 6.42 Å². The topological polar surface area (TPSA) is 78.6 Å². The number of nitrogens with zero attached hydrogens (tertiary/aromatic N) is 3. The van der Waals surface area contributed by atoms with Gasteiger partial charge >= 0.3 is 6.09 Å². The highest BCUT2D eigenvalue weighted by Gasteiger charge is 2.29. The van der Waals surface area contributed by atoms with E-state index in [1.807, 2.05) is 0 Å². The molecule has 20 heavy (non-hydrogen) atoms. The standard InChI is InChI=1S/C14H19N3O3/c1-3-5-12(18)13-10-9-16(14(19)20)8-6-11(10)15-17(13)7-4-2/h3-4,12,18H,1-2,5-9H2,(H,19,20). The molecule has 6 nitrogen and oxygen atoms in total. The van der Waals surface area contributed by atoms with Crippen molar-refractivity contribution in [1.29, 1.82) is 0 Å². The average Bonchev–Trinajstić information content (AvgIpc) is 2.76. The monoisotopic (exact) mass is 277 g/mol. The lowest BCUT2D eigenvalue weighted by atomic mass is 10.0. The zero-order chi connectivity index (χ0) is 14.7. The maximum Gasteiger partial charge on any atom is 0.407 e. The summed E-state index contributed by atoms with van der Waals surface area (Å²) >= 11 is 0. The molecule has 0 bridgehead atoms. The van der Waals surface area contributed by atoms with Gasteiger partial charge in [0.1, 0.15) is 0 Å². The quantitative estimate of drug-likeness (QED) is 0.803. The van der Waals surface area contributed by atoms with Crippen molar-refractivity contribution in [3.05, 3.63) is 42.3 Å². The largest absolute Gasteiger partial charge is 0.465 e. The van der Waals surface area contributed by atoms with Crippen molar-refractivity contribution in [1.82, 2.24) is 14.7 Å². The Labute approximate surface area is 117 Å². The molecule has 1 unspecified atom stereocenters. The number of aliphatic hydroxyl groups excluding tert-OH is 1. The predicted octanol–water partition coefficient (Wildman–Crippen LogP) is 1.71. The van der Waals surface area contributed by atoms with Crippen LogP contribution in [0.4, 0.5) is 4.79 Å². The number of amides is 1. The van der Waals surface area contributed by atoms with E-state index >= 15 is 0 Å². The second kappa shape index (κ2) is 5.92. The van der Waals surface area contributed by atoms with E-state index in [1.165, 1.54) is 4.90 Å². The Kier molecular flexibility index (Phi) is 4.24. The van der Waals surface area contributed by atoms with Gasteiger partial charge in [0.05, 0.1) is 30.6 Å². The third-order valence-corrected chi connectivity index (χ3v) is 3.42. The van der Waals surface area contributed by atoms with Crippen molar-refractivity contribution in [2.75, 3.05) is 6.54 Å². The molecule has 2 heterocycles. The van der Waals surface area contributed by atoms with Crippen LogP contribution in [-0.2, 0) is 19.5 Å². The second-order valence-electron chi connectivity index (χ2n) is 4.78. The van der Waals surface area contributed by atoms with Crippen LogP contribution in [0.5, 0.6) is 0 Å². The molecule has 0 aromatic carbocycles. The minimum Gasteiger partial charge on any atom is -0.465 e. The van der Waals surface area contributed by atoms with Gasteiger partial charge < -0.3 is 15.1 Å². The lowest BCUT2D eigenvalue weighted by Crippen LogP contribution is -2.35. The summed E-state index contributed by atoms with van der Waals surface area (Å²) in [5.41, 5.74) is 2.35. The van der Waals surface area contributed by atoms with Gasteiger partial charge in [0, 0.05) is 18.5 Å². The van der Waals surface area contributed by atoms with Crippen LogP contribution in [0.1, 0.15) is 29.5 Å². The lowest BCUT2D eigenvalue weighted by molar-refractivity contribution is 0.137. The Morgan fingerprint density at radius 1 is 1.45 bits per heavy atom. The fraction of sp³-hybridized carbons (Fsp3) is 0.429. The molecule has 0 saturated heterocycles. The zero-order valence-electron chi connectivity index (χ0n) is 11.3. The van der Waals surface area contributed by atoms with Crippen LogP contribution in [0.15, 0.2) is 25.3 Å². The van der Waals surface area contributed by atoms with Crippen LogP contribution in [-0.4, -0.2) is 37.5 Å². The highest BCUT2D eigenvalue weighted by molar-refractivity contribution is 5.65. The maximum absolute atomic E-state index is 11.1. The Bertz CT molecular complexity index is 536. The van der Waals surface area contributed by atoms with Gasteiger partial charge in [0.25, 0.3) is 0 Å². The molecule has 1 aliphatic heterocycles. The summed E-state index contributed by atoms with van der Waals surface area (Å²) in [7, 11) is 0. The summed E-state index contributed by atoms with van der Waals surface area (Å²) in [4.78, 5) is 12.4. The molecule has 0 radical (unpaired) electrons. The van der Waals surface area contributed by atoms with E-state index in [9.17, 15) is 9.90 Å². The molecule has 1 amide bonds. The number of carboxylic acid groups (broad SMARTS) is 1. The van der Waals surface area contributed by atoms with Crippen molar-refractivity contribution < 1.29 is 15.0 Å². The average molecular weight is 277 g/mol. The summed E-state index contributed by atoms with van der Waals surface area (Å²) in [6.45, 7) is 8.51. The number of carbonyl (C=O) groups is 1. The highest BCUT2D eigenvalue weighted by atomic mass is 16.4. The van der Waals surface area contributed by atoms with E-state index in [1.54, 1.807) is 16.8 Å². The lowest BCUT2D eigenvalue weighted by Gasteiger charge is -2.24. The Morgan fingerprint density at radius 3 is 2.80 bits per heavy atom. The second-order valence-corrected chi connectivity index (χ2v) is 4.78. The minimum absolute atomic E-state index is 0.269. The van der Waals surface area contributed by atoms with Gasteiger partial charge in [-0.1, -0.05) is 12.2 Å². The molecule has 0 fully saturated rings. The van der Waals surface area contributed by atoms with E-state index in [-0.39, 0.29) is 6.54 Å². The number of aromatic nitrogens is 2. The Hall–Kier alpha value is -2.08. The summed E-state index contributed by atoms with van der Waals surface area (Å²) in [6, 6.07) is 0. The number of aliphatic hydroxyl groups is 1. The minimum atomic E-state index is -0.948. The molecule has 108 valence electrons. The van der Waals surface area contributed by atoms with Gasteiger partial charge in [-0.2, -0.15) is 5.10 Å². The molecule has 1 atom stereocenters. The van der Waals surface area contributed by atoms with Gasteiger partial charge in [-0.25, -0.2) is 4.79 Å². The van der Waals surface area contributed by atoms with E-state index in [0.717, 1.165) is 11.3 Å². The van der Waals surface area contributed by atoms with E-state index in [2.05, 4.69) is 18.3 Å². The molecule has 0 spiro atoms. The van der Waals surface area contributed by atoms with E-state index in [0.29, 0.717) is 31.6 Å². The smallest absolute Gasteiger partial charge is 0.407 e. The first-order chi connectivity index (χ1) is 9.58. The summed E-state index contributed by atoms with van der Waals surface area (Å²) in [5.74, 6) is 0. The van der Waals surface area contributed by atoms with Gasteiger partial charge in [0.15, 0.2) is 0 Å². The van der Waals surface area contributed by atoms with Crippen molar-refractivity contribution >= 4 is 6.09 Å². The van der Waals surface area contributed by atoms with Crippen molar-refractivity contribution in [2.45, 2.75) is 32.0 Å². The van der Waals surface area contributed by atoms with Crippen LogP contribution in [0.2, 0.25) is 0 Å². The van der Waals surface area contributed by atoms with Crippen LogP contribution >= 0.6 is 0 Å². The molecule has 6 heteroatoms. The van der Waals surface area contributed by atoms with Gasteiger partial charge in [0.2, 0.25) is 0 Å². The first kappa shape index (κ1) is 14.3. The van der Waals surface area contributed by atoms with Gasteiger partial charge in [-0.3, -0.25) is 4.68 Å². The number of allylic oxidation sites excluding steroid dienone is 1. The fourth-order valence-corrected chi connectivity index (χ4v) is 2.51. The normalized spacial score (nSPS) is 15.6. The number of hydrogen-bond donors (Lipinski definition) is 2. The molecule has 1 aliphatic rings. The van der Waals surface area contributed by atoms with Crippen molar-refractivity contribution in [2.24, 2.45) is 0 Å². The molecule has 0 saturated carbocycles. The van der Waals surface area contributed by atoms with Crippen LogP contribution in [0.25, 0.3) is 0 Å². The third-order valence-electron chi connectivity index (χ3n) is 3.42. The van der Waals surface area contributed by atoms with E-state index in [4.69, 9.17) is 5.11 Å². The van der Waals surface area contributed by atoms with E-state index < -0.39 is 12.2 Å². The Balaban J connectivity index is 2.41. The molecule has 0 aliphatic carbocycles. The zero-order valence-corrected chi connectivity index (χ0v) is 11.3. The number of fused-ring (bicyclic) bond motifs is 1. The third kappa shape index (κ3) is 2.60. The molecular weight excluding hydrogens is 258 g/mol. The van der Waals surface area contributed by atoms with Crippen molar-refractivity contribution in [3.8, 4) is 0 Å².